The van der Waals surface area contributed by atoms with Crippen LogP contribution >= 0.6 is 0 Å². The normalized spacial score (nSPS) is 13.5. The molecular formula is C12H22N4O. The number of amides is 1. The zero-order chi connectivity index (χ0) is 13.1. The van der Waals surface area contributed by atoms with Crippen LogP contribution in [0.5, 0.6) is 0 Å². The number of aryl methyl sites for hydroxylation is 1. The molecule has 1 heterocycles. The largest absolute Gasteiger partial charge is 0.350 e. The van der Waals surface area contributed by atoms with E-state index in [2.05, 4.69) is 15.7 Å². The molecular weight excluding hydrogens is 216 g/mol. The first kappa shape index (κ1) is 13.7. The van der Waals surface area contributed by atoms with Gasteiger partial charge in [0, 0.05) is 30.4 Å². The number of aromatic nitrogens is 2. The number of carbonyl (C=O) groups is 1. The minimum absolute atomic E-state index is 0.00763. The van der Waals surface area contributed by atoms with Crippen molar-refractivity contribution in [3.63, 3.8) is 0 Å². The Morgan fingerprint density at radius 2 is 2.18 bits per heavy atom. The van der Waals surface area contributed by atoms with Crippen LogP contribution < -0.4 is 10.6 Å². The Morgan fingerprint density at radius 3 is 2.65 bits per heavy atom. The van der Waals surface area contributed by atoms with Crippen LogP contribution in [0.2, 0.25) is 0 Å². The molecule has 17 heavy (non-hydrogen) atoms. The molecule has 5 heteroatoms. The summed E-state index contributed by atoms with van der Waals surface area (Å²) in [6, 6.07) is 0.120. The SMILES string of the molecule is CC(NCC(=O)NC(C)(C)C)c1cnn(C)c1. The number of nitrogens with zero attached hydrogens (tertiary/aromatic N) is 2. The van der Waals surface area contributed by atoms with E-state index in [0.717, 1.165) is 5.56 Å². The van der Waals surface area contributed by atoms with Gasteiger partial charge < -0.3 is 10.6 Å². The molecule has 1 amide bonds. The van der Waals surface area contributed by atoms with Crippen molar-refractivity contribution in [1.29, 1.82) is 0 Å². The summed E-state index contributed by atoms with van der Waals surface area (Å²) in [7, 11) is 1.88. The average molecular weight is 238 g/mol. The van der Waals surface area contributed by atoms with E-state index in [4.69, 9.17) is 0 Å². The summed E-state index contributed by atoms with van der Waals surface area (Å²) in [5, 5.41) is 10.2. The standard InChI is InChI=1S/C12H22N4O/c1-9(10-6-14-16(5)8-10)13-7-11(17)15-12(2,3)4/h6,8-9,13H,7H2,1-5H3,(H,15,17). The fraction of sp³-hybridized carbons (Fsp3) is 0.667. The summed E-state index contributed by atoms with van der Waals surface area (Å²) in [5.74, 6) is 0.00763. The van der Waals surface area contributed by atoms with Gasteiger partial charge in [0.15, 0.2) is 0 Å². The van der Waals surface area contributed by atoms with E-state index >= 15 is 0 Å². The van der Waals surface area contributed by atoms with Gasteiger partial charge in [-0.1, -0.05) is 0 Å². The van der Waals surface area contributed by atoms with Crippen molar-refractivity contribution >= 4 is 5.91 Å². The van der Waals surface area contributed by atoms with Crippen LogP contribution in [0.25, 0.3) is 0 Å². The Kier molecular flexibility index (Phi) is 4.28. The summed E-state index contributed by atoms with van der Waals surface area (Å²) in [4.78, 5) is 11.6. The molecule has 1 rings (SSSR count). The third-order valence-corrected chi connectivity index (χ3v) is 2.31. The number of hydrogen-bond acceptors (Lipinski definition) is 3. The average Bonchev–Trinajstić information content (AvgIpc) is 2.58. The molecule has 0 bridgehead atoms. The van der Waals surface area contributed by atoms with Crippen LogP contribution in [0.3, 0.4) is 0 Å². The Hall–Kier alpha value is -1.36. The maximum atomic E-state index is 11.6. The number of carbonyl (C=O) groups excluding carboxylic acids is 1. The fourth-order valence-corrected chi connectivity index (χ4v) is 1.49. The van der Waals surface area contributed by atoms with Crippen molar-refractivity contribution in [3.8, 4) is 0 Å². The van der Waals surface area contributed by atoms with Gasteiger partial charge in [-0.3, -0.25) is 9.48 Å². The maximum absolute atomic E-state index is 11.6. The first-order chi connectivity index (χ1) is 7.78. The summed E-state index contributed by atoms with van der Waals surface area (Å²) >= 11 is 0. The highest BCUT2D eigenvalue weighted by Crippen LogP contribution is 2.09. The van der Waals surface area contributed by atoms with Crippen LogP contribution in [0.1, 0.15) is 39.3 Å². The number of hydrogen-bond donors (Lipinski definition) is 2. The Balaban J connectivity index is 2.38. The van der Waals surface area contributed by atoms with E-state index in [1.54, 1.807) is 10.9 Å². The second kappa shape index (κ2) is 5.31. The van der Waals surface area contributed by atoms with Crippen molar-refractivity contribution in [2.75, 3.05) is 6.54 Å². The third-order valence-electron chi connectivity index (χ3n) is 2.31. The highest BCUT2D eigenvalue weighted by Gasteiger charge is 2.14. The van der Waals surface area contributed by atoms with Crippen LogP contribution in [-0.2, 0) is 11.8 Å². The van der Waals surface area contributed by atoms with Gasteiger partial charge in [-0.2, -0.15) is 5.10 Å². The lowest BCUT2D eigenvalue weighted by atomic mass is 10.1. The van der Waals surface area contributed by atoms with Crippen molar-refractivity contribution < 1.29 is 4.79 Å². The second-order valence-corrected chi connectivity index (χ2v) is 5.35. The van der Waals surface area contributed by atoms with Crippen molar-refractivity contribution in [2.24, 2.45) is 7.05 Å². The van der Waals surface area contributed by atoms with E-state index in [0.29, 0.717) is 6.54 Å². The zero-order valence-electron chi connectivity index (χ0n) is 11.2. The Morgan fingerprint density at radius 1 is 1.53 bits per heavy atom. The van der Waals surface area contributed by atoms with Crippen LogP contribution in [-0.4, -0.2) is 27.8 Å². The maximum Gasteiger partial charge on any atom is 0.234 e. The predicted molar refractivity (Wildman–Crippen MR) is 67.5 cm³/mol. The Labute approximate surface area is 103 Å². The monoisotopic (exact) mass is 238 g/mol. The van der Waals surface area contributed by atoms with Crippen LogP contribution in [0, 0.1) is 0 Å². The number of nitrogens with one attached hydrogen (secondary N) is 2. The van der Waals surface area contributed by atoms with Crippen LogP contribution in [0.4, 0.5) is 0 Å². The molecule has 0 aliphatic heterocycles. The van der Waals surface area contributed by atoms with E-state index < -0.39 is 0 Å². The predicted octanol–water partition coefficient (Wildman–Crippen LogP) is 0.985. The van der Waals surface area contributed by atoms with Gasteiger partial charge in [0.25, 0.3) is 0 Å². The first-order valence-corrected chi connectivity index (χ1v) is 5.81. The highest BCUT2D eigenvalue weighted by molar-refractivity contribution is 5.78. The molecule has 0 aromatic carbocycles. The fourth-order valence-electron chi connectivity index (χ4n) is 1.49. The molecule has 0 saturated carbocycles. The van der Waals surface area contributed by atoms with Gasteiger partial charge in [0.2, 0.25) is 5.91 Å². The molecule has 1 atom stereocenters. The Bertz CT molecular complexity index is 378. The van der Waals surface area contributed by atoms with Crippen molar-refractivity contribution in [2.45, 2.75) is 39.3 Å². The topological polar surface area (TPSA) is 59.0 Å². The van der Waals surface area contributed by atoms with Crippen molar-refractivity contribution in [1.82, 2.24) is 20.4 Å². The third kappa shape index (κ3) is 4.99. The van der Waals surface area contributed by atoms with E-state index in [9.17, 15) is 4.79 Å². The second-order valence-electron chi connectivity index (χ2n) is 5.35. The molecule has 5 nitrogen and oxygen atoms in total. The van der Waals surface area contributed by atoms with E-state index in [1.807, 2.05) is 40.9 Å². The van der Waals surface area contributed by atoms with Gasteiger partial charge in [0.05, 0.1) is 12.7 Å². The van der Waals surface area contributed by atoms with E-state index in [-0.39, 0.29) is 17.5 Å². The smallest absolute Gasteiger partial charge is 0.234 e. The summed E-state index contributed by atoms with van der Waals surface area (Å²) < 4.78 is 1.75. The van der Waals surface area contributed by atoms with Gasteiger partial charge in [0.1, 0.15) is 0 Å². The lowest BCUT2D eigenvalue weighted by molar-refractivity contribution is -0.121. The van der Waals surface area contributed by atoms with Gasteiger partial charge in [-0.25, -0.2) is 0 Å². The summed E-state index contributed by atoms with van der Waals surface area (Å²) in [6.07, 6.45) is 3.75. The number of rotatable bonds is 4. The van der Waals surface area contributed by atoms with E-state index in [1.165, 1.54) is 0 Å². The minimum Gasteiger partial charge on any atom is -0.350 e. The minimum atomic E-state index is -0.184. The molecule has 96 valence electrons. The summed E-state index contributed by atoms with van der Waals surface area (Å²) in [5.41, 5.74) is 0.895. The molecule has 1 unspecified atom stereocenters. The quantitative estimate of drug-likeness (QED) is 0.822. The van der Waals surface area contributed by atoms with Crippen LogP contribution in [0.15, 0.2) is 12.4 Å². The first-order valence-electron chi connectivity index (χ1n) is 5.81. The van der Waals surface area contributed by atoms with Gasteiger partial charge in [-0.15, -0.1) is 0 Å². The molecule has 2 N–H and O–H groups in total. The van der Waals surface area contributed by atoms with Gasteiger partial charge >= 0.3 is 0 Å². The lowest BCUT2D eigenvalue weighted by Gasteiger charge is -2.21. The molecule has 0 aliphatic rings. The molecule has 0 spiro atoms. The molecule has 0 radical (unpaired) electrons. The summed E-state index contributed by atoms with van der Waals surface area (Å²) in [6.45, 7) is 8.23. The molecule has 0 aliphatic carbocycles. The van der Waals surface area contributed by atoms with Crippen molar-refractivity contribution in [3.05, 3.63) is 18.0 Å². The molecule has 0 fully saturated rings. The molecule has 0 saturated heterocycles. The zero-order valence-corrected chi connectivity index (χ0v) is 11.2. The lowest BCUT2D eigenvalue weighted by Crippen LogP contribution is -2.45. The molecule has 1 aromatic heterocycles. The molecule has 1 aromatic rings. The van der Waals surface area contributed by atoms with Gasteiger partial charge in [-0.05, 0) is 27.7 Å². The highest BCUT2D eigenvalue weighted by atomic mass is 16.2.